The maximum atomic E-state index is 13.6. The van der Waals surface area contributed by atoms with Gasteiger partial charge >= 0.3 is 18.0 Å². The average Bonchev–Trinajstić information content (AvgIpc) is 3.53. The van der Waals surface area contributed by atoms with Crippen LogP contribution >= 0.6 is 0 Å². The molecule has 0 aliphatic carbocycles. The van der Waals surface area contributed by atoms with Crippen LogP contribution in [0.4, 0.5) is 30.4 Å². The SMILES string of the molecule is CCN(CC)CCCNC(=O)c1cnc(-c2ccccc2)c2c1[N+](CC)(OC(=O)C(F)(F)F)C(c1nonc1N)=N2. The van der Waals surface area contributed by atoms with Crippen molar-refractivity contribution in [3.63, 3.8) is 0 Å². The van der Waals surface area contributed by atoms with Crippen LogP contribution in [0.1, 0.15) is 43.2 Å². The number of halogens is 3. The van der Waals surface area contributed by atoms with Crippen molar-refractivity contribution in [2.45, 2.75) is 33.4 Å². The number of aliphatic imine (C=N–C) groups is 1. The van der Waals surface area contributed by atoms with E-state index in [4.69, 9.17) is 10.6 Å². The van der Waals surface area contributed by atoms with E-state index in [9.17, 15) is 22.8 Å². The lowest BCUT2D eigenvalue weighted by atomic mass is 10.1. The number of alkyl halides is 3. The van der Waals surface area contributed by atoms with Crippen molar-refractivity contribution in [3.8, 4) is 11.3 Å². The van der Waals surface area contributed by atoms with E-state index in [1.165, 1.54) is 13.1 Å². The number of nitrogen functional groups attached to an aromatic ring is 1. The number of fused-ring (bicyclic) bond motifs is 1. The van der Waals surface area contributed by atoms with Crippen LogP contribution < -0.4 is 15.7 Å². The predicted molar refractivity (Wildman–Crippen MR) is 144 cm³/mol. The van der Waals surface area contributed by atoms with Crippen molar-refractivity contribution in [3.05, 3.63) is 47.8 Å². The molecule has 1 aromatic carbocycles. The zero-order valence-electron chi connectivity index (χ0n) is 22.7. The summed E-state index contributed by atoms with van der Waals surface area (Å²) in [5.41, 5.74) is 6.21. The summed E-state index contributed by atoms with van der Waals surface area (Å²) in [5.74, 6) is -3.75. The predicted octanol–water partition coefficient (Wildman–Crippen LogP) is 3.62. The van der Waals surface area contributed by atoms with E-state index in [0.717, 1.165) is 19.6 Å². The van der Waals surface area contributed by atoms with Crippen LogP contribution in [0.25, 0.3) is 11.3 Å². The van der Waals surface area contributed by atoms with E-state index in [2.05, 4.69) is 35.1 Å². The molecule has 3 N–H and O–H groups in total. The maximum absolute atomic E-state index is 13.6. The second-order valence-electron chi connectivity index (χ2n) is 9.09. The Morgan fingerprint density at radius 1 is 1.10 bits per heavy atom. The number of nitrogens with zero attached hydrogens (tertiary/aromatic N) is 6. The smallest absolute Gasteiger partial charge is 0.379 e. The number of carbonyl (C=O) groups excluding carboxylic acids is 2. The Labute approximate surface area is 233 Å². The third kappa shape index (κ3) is 5.76. The zero-order valence-corrected chi connectivity index (χ0v) is 22.7. The first-order chi connectivity index (χ1) is 19.6. The first-order valence-corrected chi connectivity index (χ1v) is 13.0. The minimum Gasteiger partial charge on any atom is -0.379 e. The zero-order chi connectivity index (χ0) is 29.8. The molecule has 2 aromatic heterocycles. The van der Waals surface area contributed by atoms with Gasteiger partial charge in [0.25, 0.3) is 5.91 Å². The molecule has 41 heavy (non-hydrogen) atoms. The maximum Gasteiger partial charge on any atom is 0.497 e. The Morgan fingerprint density at radius 3 is 2.39 bits per heavy atom. The number of anilines is 1. The highest BCUT2D eigenvalue weighted by molar-refractivity contribution is 6.18. The lowest BCUT2D eigenvalue weighted by Gasteiger charge is -2.30. The van der Waals surface area contributed by atoms with Crippen LogP contribution in [-0.4, -0.2) is 76.8 Å². The molecule has 1 atom stereocenters. The standard InChI is InChI=1S/C26H29F3N8O4/c1-4-36(5-2)14-10-13-31-24(38)17-15-32-18(16-11-8-7-9-12-16)19-21(17)37(6-3,40-25(39)26(27,28)29)23(33-19)20-22(30)35-41-34-20/h7-9,11-12,15H,4-6,10,13-14H2,1-3H3,(H2-,30,31,35,38)/p+1. The molecule has 3 aromatic rings. The van der Waals surface area contributed by atoms with Gasteiger partial charge in [-0.05, 0) is 47.9 Å². The highest BCUT2D eigenvalue weighted by Gasteiger charge is 2.58. The summed E-state index contributed by atoms with van der Waals surface area (Å²) in [6.07, 6.45) is -3.50. The normalized spacial score (nSPS) is 16.4. The fourth-order valence-corrected chi connectivity index (χ4v) is 4.60. The molecule has 0 saturated carbocycles. The fourth-order valence-electron chi connectivity index (χ4n) is 4.60. The first-order valence-electron chi connectivity index (χ1n) is 13.0. The molecule has 1 aliphatic rings. The third-order valence-corrected chi connectivity index (χ3v) is 6.71. The summed E-state index contributed by atoms with van der Waals surface area (Å²) >= 11 is 0. The molecule has 1 aliphatic heterocycles. The van der Waals surface area contributed by atoms with Crippen molar-refractivity contribution >= 4 is 34.9 Å². The lowest BCUT2D eigenvalue weighted by Crippen LogP contribution is -2.56. The number of amidine groups is 1. The van der Waals surface area contributed by atoms with Crippen LogP contribution in [0.2, 0.25) is 0 Å². The molecular formula is C26H30F3N8O4+. The topological polar surface area (TPSA) is 149 Å². The molecule has 0 bridgehead atoms. The largest absolute Gasteiger partial charge is 0.497 e. The summed E-state index contributed by atoms with van der Waals surface area (Å²) in [7, 11) is 0. The van der Waals surface area contributed by atoms with Gasteiger partial charge in [0.05, 0.1) is 0 Å². The summed E-state index contributed by atoms with van der Waals surface area (Å²) in [4.78, 5) is 42.2. The van der Waals surface area contributed by atoms with E-state index in [-0.39, 0.29) is 53.1 Å². The second kappa shape index (κ2) is 12.0. The molecule has 12 nitrogen and oxygen atoms in total. The number of nitrogens with one attached hydrogen (secondary N) is 1. The number of pyridine rings is 1. The number of benzene rings is 1. The number of amides is 1. The molecule has 4 rings (SSSR count). The molecule has 0 spiro atoms. The van der Waals surface area contributed by atoms with Gasteiger partial charge in [-0.3, -0.25) is 14.6 Å². The minimum atomic E-state index is -5.36. The van der Waals surface area contributed by atoms with E-state index < -0.39 is 22.7 Å². The van der Waals surface area contributed by atoms with E-state index in [1.807, 2.05) is 13.8 Å². The monoisotopic (exact) mass is 575 g/mol. The molecule has 218 valence electrons. The number of rotatable bonds is 11. The fraction of sp³-hybridized carbons (Fsp3) is 0.385. The number of hydroxylamine groups is 2. The summed E-state index contributed by atoms with van der Waals surface area (Å²) in [5, 5.41) is 10.0. The third-order valence-electron chi connectivity index (χ3n) is 6.71. The quantitative estimate of drug-likeness (QED) is 0.258. The van der Waals surface area contributed by atoms with Crippen molar-refractivity contribution in [1.29, 1.82) is 0 Å². The van der Waals surface area contributed by atoms with Crippen LogP contribution in [-0.2, 0) is 9.63 Å². The van der Waals surface area contributed by atoms with Crippen LogP contribution in [0.15, 0.2) is 46.2 Å². The van der Waals surface area contributed by atoms with E-state index >= 15 is 0 Å². The number of carbonyl (C=O) groups is 2. The Hall–Kier alpha value is -4.37. The number of hydrogen-bond donors (Lipinski definition) is 2. The number of nitrogens with two attached hydrogens (primary N) is 1. The van der Waals surface area contributed by atoms with Gasteiger partial charge < -0.3 is 16.0 Å². The van der Waals surface area contributed by atoms with Crippen LogP contribution in [0, 0.1) is 0 Å². The number of hydrogen-bond acceptors (Lipinski definition) is 10. The second-order valence-corrected chi connectivity index (χ2v) is 9.09. The number of quaternary nitrogens is 1. The van der Waals surface area contributed by atoms with Crippen molar-refractivity contribution < 1.29 is 32.2 Å². The Bertz CT molecular complexity index is 1440. The number of aromatic nitrogens is 3. The summed E-state index contributed by atoms with van der Waals surface area (Å²) < 4.78 is 44.1. The van der Waals surface area contributed by atoms with Gasteiger partial charge in [-0.2, -0.15) is 18.2 Å². The van der Waals surface area contributed by atoms with E-state index in [1.54, 1.807) is 30.3 Å². The van der Waals surface area contributed by atoms with Crippen molar-refractivity contribution in [2.24, 2.45) is 4.99 Å². The summed E-state index contributed by atoms with van der Waals surface area (Å²) in [6, 6.07) is 8.70. The van der Waals surface area contributed by atoms with Gasteiger partial charge in [0.2, 0.25) is 17.2 Å². The van der Waals surface area contributed by atoms with Gasteiger partial charge in [-0.1, -0.05) is 44.2 Å². The van der Waals surface area contributed by atoms with Crippen LogP contribution in [0.3, 0.4) is 0 Å². The average molecular weight is 576 g/mol. The Kier molecular flexibility index (Phi) is 8.68. The highest BCUT2D eigenvalue weighted by Crippen LogP contribution is 2.50. The van der Waals surface area contributed by atoms with E-state index in [0.29, 0.717) is 12.0 Å². The molecule has 0 fully saturated rings. The van der Waals surface area contributed by atoms with Crippen LogP contribution in [0.5, 0.6) is 0 Å². The van der Waals surface area contributed by atoms with Gasteiger partial charge in [-0.25, -0.2) is 9.42 Å². The minimum absolute atomic E-state index is 0.0150. The van der Waals surface area contributed by atoms with Crippen molar-refractivity contribution in [2.75, 3.05) is 38.5 Å². The summed E-state index contributed by atoms with van der Waals surface area (Å²) in [6.45, 7) is 7.93. The van der Waals surface area contributed by atoms with Crippen molar-refractivity contribution in [1.82, 2.24) is 30.2 Å². The van der Waals surface area contributed by atoms with Gasteiger partial charge in [0.15, 0.2) is 5.69 Å². The lowest BCUT2D eigenvalue weighted by molar-refractivity contribution is -0.222. The molecule has 15 heteroatoms. The van der Waals surface area contributed by atoms with Gasteiger partial charge in [0.1, 0.15) is 17.8 Å². The Balaban J connectivity index is 1.88. The first kappa shape index (κ1) is 29.6. The molecular weight excluding hydrogens is 545 g/mol. The Morgan fingerprint density at radius 2 is 1.80 bits per heavy atom. The molecule has 1 unspecified atom stereocenters. The molecule has 0 saturated heterocycles. The molecule has 3 heterocycles. The molecule has 0 radical (unpaired) electrons. The molecule has 1 amide bonds. The highest BCUT2D eigenvalue weighted by atomic mass is 19.4. The van der Waals surface area contributed by atoms with Gasteiger partial charge in [0, 0.05) is 18.3 Å². The van der Waals surface area contributed by atoms with Gasteiger partial charge in [-0.15, -0.1) is 0 Å².